The Labute approximate surface area is 157 Å². The molecule has 0 spiro atoms. The molecule has 3 rings (SSSR count). The van der Waals surface area contributed by atoms with Crippen molar-refractivity contribution in [2.45, 2.75) is 33.2 Å². The van der Waals surface area contributed by atoms with Gasteiger partial charge in [-0.25, -0.2) is 0 Å². The summed E-state index contributed by atoms with van der Waals surface area (Å²) in [7, 11) is 0. The monoisotopic (exact) mass is 360 g/mol. The Kier molecular flexibility index (Phi) is 5.32. The van der Waals surface area contributed by atoms with E-state index in [-0.39, 0.29) is 17.1 Å². The Hall–Kier alpha value is -3.46. The van der Waals surface area contributed by atoms with E-state index in [1.807, 2.05) is 55.5 Å². The van der Waals surface area contributed by atoms with Crippen LogP contribution < -0.4 is 5.56 Å². The molecule has 0 radical (unpaired) electrons. The molecule has 136 valence electrons. The molecule has 2 aromatic carbocycles. The first kappa shape index (κ1) is 18.3. The summed E-state index contributed by atoms with van der Waals surface area (Å²) >= 11 is 0. The van der Waals surface area contributed by atoms with Gasteiger partial charge in [0.25, 0.3) is 5.56 Å². The standard InChI is InChI=1S/C21H20N4O2/c1-3-4-12-25-20(26)17(13-22)14(2)19(21(25)27)24-23-18-11-7-9-15-8-5-6-10-16(15)18/h5-11,26H,3-4,12H2,1-2H3. The number of aromatic nitrogens is 1. The van der Waals surface area contributed by atoms with E-state index in [2.05, 4.69) is 10.2 Å². The molecule has 0 bridgehead atoms. The summed E-state index contributed by atoms with van der Waals surface area (Å²) in [5, 5.41) is 30.1. The number of benzene rings is 2. The zero-order valence-corrected chi connectivity index (χ0v) is 15.3. The van der Waals surface area contributed by atoms with Crippen LogP contribution in [0.1, 0.15) is 30.9 Å². The number of nitrogens with zero attached hydrogens (tertiary/aromatic N) is 4. The van der Waals surface area contributed by atoms with E-state index in [0.29, 0.717) is 24.2 Å². The lowest BCUT2D eigenvalue weighted by Crippen LogP contribution is -2.22. The molecule has 1 heterocycles. The maximum atomic E-state index is 12.8. The van der Waals surface area contributed by atoms with Crippen molar-refractivity contribution in [1.29, 1.82) is 5.26 Å². The van der Waals surface area contributed by atoms with Gasteiger partial charge >= 0.3 is 0 Å². The first-order chi connectivity index (χ1) is 13.1. The van der Waals surface area contributed by atoms with Gasteiger partial charge in [-0.3, -0.25) is 9.36 Å². The molecule has 3 aromatic rings. The van der Waals surface area contributed by atoms with Gasteiger partial charge in [-0.05, 0) is 24.8 Å². The topological polar surface area (TPSA) is 90.7 Å². The maximum Gasteiger partial charge on any atom is 0.281 e. The minimum Gasteiger partial charge on any atom is -0.493 e. The molecular weight excluding hydrogens is 340 g/mol. The molecule has 0 aliphatic rings. The van der Waals surface area contributed by atoms with Gasteiger partial charge in [-0.15, -0.1) is 10.2 Å². The van der Waals surface area contributed by atoms with Crippen LogP contribution in [0, 0.1) is 18.3 Å². The number of unbranched alkanes of at least 4 members (excludes halogenated alkanes) is 1. The molecule has 0 saturated carbocycles. The second-order valence-electron chi connectivity index (χ2n) is 6.29. The number of aromatic hydroxyl groups is 1. The fourth-order valence-electron chi connectivity index (χ4n) is 2.98. The minimum atomic E-state index is -0.443. The van der Waals surface area contributed by atoms with E-state index in [4.69, 9.17) is 0 Å². The van der Waals surface area contributed by atoms with E-state index < -0.39 is 5.56 Å². The predicted molar refractivity (Wildman–Crippen MR) is 105 cm³/mol. The summed E-state index contributed by atoms with van der Waals surface area (Å²) in [5.41, 5.74) is 0.655. The molecule has 27 heavy (non-hydrogen) atoms. The van der Waals surface area contributed by atoms with Gasteiger partial charge in [0.1, 0.15) is 11.6 Å². The van der Waals surface area contributed by atoms with Crippen molar-refractivity contribution in [3.63, 3.8) is 0 Å². The van der Waals surface area contributed by atoms with E-state index in [1.165, 1.54) is 4.57 Å². The van der Waals surface area contributed by atoms with Crippen molar-refractivity contribution in [3.05, 3.63) is 63.9 Å². The van der Waals surface area contributed by atoms with E-state index >= 15 is 0 Å². The molecule has 0 saturated heterocycles. The second-order valence-corrected chi connectivity index (χ2v) is 6.29. The minimum absolute atomic E-state index is 0.0533. The number of hydrogen-bond acceptors (Lipinski definition) is 5. The van der Waals surface area contributed by atoms with Gasteiger partial charge in [-0.2, -0.15) is 5.26 Å². The lowest BCUT2D eigenvalue weighted by atomic mass is 10.1. The van der Waals surface area contributed by atoms with Crippen LogP contribution in [0.15, 0.2) is 57.5 Å². The van der Waals surface area contributed by atoms with Crippen LogP contribution in [0.25, 0.3) is 10.8 Å². The highest BCUT2D eigenvalue weighted by molar-refractivity contribution is 5.92. The quantitative estimate of drug-likeness (QED) is 0.641. The Balaban J connectivity index is 2.15. The Morgan fingerprint density at radius 1 is 1.15 bits per heavy atom. The van der Waals surface area contributed by atoms with Gasteiger partial charge in [-0.1, -0.05) is 49.7 Å². The van der Waals surface area contributed by atoms with Crippen LogP contribution in [0.3, 0.4) is 0 Å². The van der Waals surface area contributed by atoms with Gasteiger partial charge < -0.3 is 5.11 Å². The van der Waals surface area contributed by atoms with Gasteiger partial charge in [0.2, 0.25) is 5.88 Å². The van der Waals surface area contributed by atoms with Crippen molar-refractivity contribution in [1.82, 2.24) is 4.57 Å². The molecule has 6 nitrogen and oxygen atoms in total. The predicted octanol–water partition coefficient (Wildman–Crippen LogP) is 5.10. The van der Waals surface area contributed by atoms with Crippen LogP contribution in [-0.2, 0) is 6.54 Å². The third-order valence-electron chi connectivity index (χ3n) is 4.53. The number of azo groups is 1. The zero-order chi connectivity index (χ0) is 19.4. The highest BCUT2D eigenvalue weighted by atomic mass is 16.3. The van der Waals surface area contributed by atoms with E-state index in [0.717, 1.165) is 17.2 Å². The highest BCUT2D eigenvalue weighted by Crippen LogP contribution is 2.30. The SMILES string of the molecule is CCCCn1c(O)c(C#N)c(C)c(N=Nc2cccc3ccccc23)c1=O. The molecule has 1 N–H and O–H groups in total. The van der Waals surface area contributed by atoms with Gasteiger partial charge in [0.05, 0.1) is 5.69 Å². The number of hydrogen-bond donors (Lipinski definition) is 1. The summed E-state index contributed by atoms with van der Waals surface area (Å²) in [5.74, 6) is -0.308. The smallest absolute Gasteiger partial charge is 0.281 e. The largest absolute Gasteiger partial charge is 0.493 e. The lowest BCUT2D eigenvalue weighted by molar-refractivity contribution is 0.399. The van der Waals surface area contributed by atoms with Crippen molar-refractivity contribution in [3.8, 4) is 11.9 Å². The molecule has 0 fully saturated rings. The summed E-state index contributed by atoms with van der Waals surface area (Å²) in [6, 6.07) is 15.4. The summed E-state index contributed by atoms with van der Waals surface area (Å²) < 4.78 is 1.20. The van der Waals surface area contributed by atoms with Crippen LogP contribution in [0.5, 0.6) is 5.88 Å². The van der Waals surface area contributed by atoms with Crippen LogP contribution >= 0.6 is 0 Å². The zero-order valence-electron chi connectivity index (χ0n) is 15.3. The van der Waals surface area contributed by atoms with Crippen molar-refractivity contribution >= 4 is 22.1 Å². The Bertz CT molecular complexity index is 1120. The number of nitriles is 1. The fraction of sp³-hybridized carbons (Fsp3) is 0.238. The third-order valence-corrected chi connectivity index (χ3v) is 4.53. The molecule has 0 aliphatic heterocycles. The average molecular weight is 360 g/mol. The molecule has 1 aromatic heterocycles. The van der Waals surface area contributed by atoms with E-state index in [9.17, 15) is 15.2 Å². The normalized spacial score (nSPS) is 11.1. The van der Waals surface area contributed by atoms with Crippen molar-refractivity contribution < 1.29 is 5.11 Å². The van der Waals surface area contributed by atoms with Crippen LogP contribution in [0.4, 0.5) is 11.4 Å². The fourth-order valence-corrected chi connectivity index (χ4v) is 2.98. The average Bonchev–Trinajstić information content (AvgIpc) is 2.68. The van der Waals surface area contributed by atoms with Gasteiger partial charge in [0.15, 0.2) is 5.69 Å². The number of rotatable bonds is 5. The molecular formula is C21H20N4O2. The highest BCUT2D eigenvalue weighted by Gasteiger charge is 2.18. The summed E-state index contributed by atoms with van der Waals surface area (Å²) in [6.45, 7) is 3.91. The molecule has 0 aliphatic carbocycles. The number of pyridine rings is 1. The van der Waals surface area contributed by atoms with Gasteiger partial charge in [0, 0.05) is 17.5 Å². The molecule has 6 heteroatoms. The molecule has 0 unspecified atom stereocenters. The first-order valence-electron chi connectivity index (χ1n) is 8.84. The second kappa shape index (κ2) is 7.83. The lowest BCUT2D eigenvalue weighted by Gasteiger charge is -2.12. The number of fused-ring (bicyclic) bond motifs is 1. The Morgan fingerprint density at radius 3 is 2.63 bits per heavy atom. The first-order valence-corrected chi connectivity index (χ1v) is 8.84. The molecule has 0 atom stereocenters. The third kappa shape index (κ3) is 3.44. The van der Waals surface area contributed by atoms with Crippen molar-refractivity contribution in [2.75, 3.05) is 0 Å². The summed E-state index contributed by atoms with van der Waals surface area (Å²) in [4.78, 5) is 12.8. The van der Waals surface area contributed by atoms with Crippen LogP contribution in [-0.4, -0.2) is 9.67 Å². The molecule has 0 amide bonds. The van der Waals surface area contributed by atoms with Crippen LogP contribution in [0.2, 0.25) is 0 Å². The van der Waals surface area contributed by atoms with E-state index in [1.54, 1.807) is 6.92 Å². The van der Waals surface area contributed by atoms with Crippen molar-refractivity contribution in [2.24, 2.45) is 10.2 Å². The summed E-state index contributed by atoms with van der Waals surface area (Å²) in [6.07, 6.45) is 1.57. The maximum absolute atomic E-state index is 12.8. The Morgan fingerprint density at radius 2 is 1.89 bits per heavy atom.